The van der Waals surface area contributed by atoms with Crippen molar-refractivity contribution in [3.63, 3.8) is 0 Å². The highest BCUT2D eigenvalue weighted by atomic mass is 35.7. The van der Waals surface area contributed by atoms with Crippen LogP contribution < -0.4 is 10.7 Å². The molecule has 430 valence electrons. The molecule has 0 saturated heterocycles. The average Bonchev–Trinajstić information content (AvgIpc) is 1.70. The van der Waals surface area contributed by atoms with Crippen molar-refractivity contribution in [1.82, 2.24) is 9.13 Å². The zero-order valence-electron chi connectivity index (χ0n) is 49.0. The van der Waals surface area contributed by atoms with Gasteiger partial charge in [0.1, 0.15) is 0 Å². The zero-order valence-corrected chi connectivity index (χ0v) is 50.8. The van der Waals surface area contributed by atoms with Gasteiger partial charge in [0.2, 0.25) is 11.4 Å². The second-order valence-corrected chi connectivity index (χ2v) is 24.6. The molecule has 0 N–H and O–H groups in total. The van der Waals surface area contributed by atoms with Crippen molar-refractivity contribution in [2.45, 2.75) is 128 Å². The van der Waals surface area contributed by atoms with Crippen LogP contribution in [-0.4, -0.2) is 77.2 Å². The number of carbonyl (C=O) groups is 4. The number of allylic oxidation sites excluding steroid dienone is 11. The van der Waals surface area contributed by atoms with Gasteiger partial charge in [-0.2, -0.15) is 4.35 Å². The molecule has 2 aromatic heterocycles. The Labute approximate surface area is 497 Å². The molecule has 84 heavy (non-hydrogen) atoms. The number of esters is 4. The van der Waals surface area contributed by atoms with Gasteiger partial charge in [0, 0.05) is 47.5 Å². The van der Waals surface area contributed by atoms with Gasteiger partial charge >= 0.3 is 23.9 Å². The number of nitrogens with zero attached hydrogens (tertiary/aromatic N) is 4. The summed E-state index contributed by atoms with van der Waals surface area (Å²) in [6.07, 6.45) is 25.7. The quantitative estimate of drug-likeness (QED) is 0.0920. The minimum atomic E-state index is -0.393. The van der Waals surface area contributed by atoms with Crippen LogP contribution in [0.5, 0.6) is 0 Å². The first kappa shape index (κ1) is 55.8. The maximum Gasteiger partial charge on any atom is 0.337 e. The van der Waals surface area contributed by atoms with Gasteiger partial charge in [-0.25, -0.2) is 24.2 Å². The third-order valence-corrected chi connectivity index (χ3v) is 20.3. The molecule has 1 atom stereocenters. The predicted molar refractivity (Wildman–Crippen MR) is 330 cm³/mol. The smallest absolute Gasteiger partial charge is 0.337 e. The Kier molecular flexibility index (Phi) is 15.2. The Morgan fingerprint density at radius 1 is 0.464 bits per heavy atom. The summed E-state index contributed by atoms with van der Waals surface area (Å²) in [5.41, 5.74) is 27.7. The Hall–Kier alpha value is -7.40. The fraction of sp³-hybridized carbons (Fsp3) is 0.371. The first-order valence-corrected chi connectivity index (χ1v) is 32.0. The van der Waals surface area contributed by atoms with Gasteiger partial charge in [-0.05, 0) is 220 Å². The van der Waals surface area contributed by atoms with Crippen molar-refractivity contribution in [3.05, 3.63) is 195 Å². The van der Waals surface area contributed by atoms with Crippen molar-refractivity contribution < 1.29 is 42.5 Å². The van der Waals surface area contributed by atoms with E-state index in [1.165, 1.54) is 73.0 Å². The lowest BCUT2D eigenvalue weighted by Gasteiger charge is -2.23. The van der Waals surface area contributed by atoms with E-state index in [0.29, 0.717) is 48.0 Å². The monoisotopic (exact) mass is 1160 g/mol. The summed E-state index contributed by atoms with van der Waals surface area (Å²) < 4.78 is 28.6. The highest BCUT2D eigenvalue weighted by Gasteiger charge is 2.46. The Morgan fingerprint density at radius 2 is 0.905 bits per heavy atom. The summed E-state index contributed by atoms with van der Waals surface area (Å²) in [7, 11) is 10.1. The number of halogens is 1. The van der Waals surface area contributed by atoms with Gasteiger partial charge in [-0.1, -0.05) is 48.6 Å². The van der Waals surface area contributed by atoms with Crippen LogP contribution in [0.3, 0.4) is 0 Å². The summed E-state index contributed by atoms with van der Waals surface area (Å²) in [6.45, 7) is 0. The number of rotatable bonds is 9. The van der Waals surface area contributed by atoms with E-state index in [-0.39, 0.29) is 20.0 Å². The van der Waals surface area contributed by atoms with E-state index in [1.807, 2.05) is 36.4 Å². The first-order chi connectivity index (χ1) is 41.0. The molecular weight excluding hydrogens is 1090 g/mol. The van der Waals surface area contributed by atoms with Crippen LogP contribution >= 0.6 is 19.3 Å². The van der Waals surface area contributed by atoms with Gasteiger partial charge in [-0.15, -0.1) is 0 Å². The fourth-order valence-corrected chi connectivity index (χ4v) is 16.5. The van der Waals surface area contributed by atoms with Gasteiger partial charge in [0.25, 0.3) is 8.08 Å². The van der Waals surface area contributed by atoms with Crippen LogP contribution in [0.2, 0.25) is 0 Å². The first-order valence-electron chi connectivity index (χ1n) is 30.1. The lowest BCUT2D eigenvalue weighted by molar-refractivity contribution is -0.279. The second-order valence-electron chi connectivity index (χ2n) is 23.5. The highest BCUT2D eigenvalue weighted by molar-refractivity contribution is 7.63. The molecule has 13 rings (SSSR count). The molecule has 9 aliphatic rings. The number of carbonyl (C=O) groups excluding carboxylic acids is 4. The van der Waals surface area contributed by atoms with E-state index in [1.54, 1.807) is 0 Å². The number of benzene rings is 2. The van der Waals surface area contributed by atoms with Crippen molar-refractivity contribution in [2.75, 3.05) is 28.4 Å². The van der Waals surface area contributed by atoms with E-state index < -0.39 is 11.9 Å². The normalized spacial score (nSPS) is 19.6. The number of ether oxygens (including phenoxy) is 4. The van der Waals surface area contributed by atoms with E-state index in [9.17, 15) is 19.2 Å². The molecule has 1 unspecified atom stereocenters. The van der Waals surface area contributed by atoms with Crippen molar-refractivity contribution in [3.8, 4) is 0 Å². The number of aliphatic imine (C=N–C) groups is 1. The summed E-state index contributed by atoms with van der Waals surface area (Å²) in [5, 5.41) is 2.28. The maximum atomic E-state index is 13.3. The lowest BCUT2D eigenvalue weighted by atomic mass is 9.80. The minimum absolute atomic E-state index is 0.194. The Balaban J connectivity index is 1.29. The molecule has 0 spiro atoms. The van der Waals surface area contributed by atoms with Gasteiger partial charge in [0.05, 0.1) is 84.2 Å². The van der Waals surface area contributed by atoms with E-state index in [0.717, 1.165) is 192 Å². The molecule has 0 fully saturated rings. The SMILES string of the molecule is COC(=O)C1=CC=C(C2=C3N=C(C4=C3CCCC4)C(c3ccc(C(=O)OC)cc3)=c3c4c(c(n3C)=C(C3=CC=C(C(=O)OC)CC3)C3=[N+](PCl)C(=C(c5ccc(C(=O)OC)cc5)c5c6c(c2n5C)CCCC6)C2=C3CCCC2)CCCC4)CC1. The molecule has 8 bridgehead atoms. The van der Waals surface area contributed by atoms with Gasteiger partial charge in [0.15, 0.2) is 0 Å². The second kappa shape index (κ2) is 22.9. The summed E-state index contributed by atoms with van der Waals surface area (Å²) in [5.74, 6) is -1.41. The topological polar surface area (TPSA) is 130 Å². The summed E-state index contributed by atoms with van der Waals surface area (Å²) >= 11 is 7.80. The highest BCUT2D eigenvalue weighted by Crippen LogP contribution is 2.53. The molecule has 2 aromatic carbocycles. The van der Waals surface area contributed by atoms with E-state index in [4.69, 9.17) is 35.2 Å². The van der Waals surface area contributed by atoms with Crippen LogP contribution in [-0.2, 0) is 68.3 Å². The number of aromatic nitrogens is 2. The molecule has 0 radical (unpaired) electrons. The molecule has 2 aliphatic heterocycles. The van der Waals surface area contributed by atoms with Crippen LogP contribution in [0, 0.1) is 0 Å². The zero-order chi connectivity index (χ0) is 58.1. The standard InChI is InChI=1S/C70H71ClN4O8P/c1-73-61-49-17-9-11-19-51(49)63(73)57(41-27-35-45(36-28-41)69(78)82-5)65-53-21-13-14-22-54(53)66(75(65)84-71)58(42-29-37-46(38-30-42)70(79)83-6)64-52-20-12-10-18-50(52)62(74(64)2)56(40-25-33-44(34-26-40)68(77)81-4)60-48-16-8-7-15-47(48)59(72-60)55(61)39-23-31-43(32-24-39)67(76)80-3/h23-25,27,29-33,35,37-38,84H,7-22,26,28,34,36H2,1-6H3/q+1. The average molecular weight is 1160 g/mol. The maximum absolute atomic E-state index is 13.3. The number of hydrogen-bond acceptors (Lipinski definition) is 9. The van der Waals surface area contributed by atoms with Crippen molar-refractivity contribution in [1.29, 1.82) is 0 Å². The van der Waals surface area contributed by atoms with Crippen LogP contribution in [0.4, 0.5) is 0 Å². The van der Waals surface area contributed by atoms with Crippen LogP contribution in [0.1, 0.15) is 168 Å². The van der Waals surface area contributed by atoms with Crippen LogP contribution in [0.15, 0.2) is 134 Å². The minimum Gasteiger partial charge on any atom is -0.466 e. The van der Waals surface area contributed by atoms with E-state index >= 15 is 0 Å². The van der Waals surface area contributed by atoms with Gasteiger partial charge in [-0.3, -0.25) is 0 Å². The van der Waals surface area contributed by atoms with Gasteiger partial charge < -0.3 is 28.1 Å². The Bertz CT molecular complexity index is 4070. The number of methoxy groups -OCH3 is 4. The molecule has 4 aromatic rings. The van der Waals surface area contributed by atoms with Crippen molar-refractivity contribution >= 4 is 76.9 Å². The number of hydrogen-bond donors (Lipinski definition) is 0. The van der Waals surface area contributed by atoms with Crippen molar-refractivity contribution in [2.24, 2.45) is 19.1 Å². The third kappa shape index (κ3) is 9.11. The summed E-state index contributed by atoms with van der Waals surface area (Å²) in [6, 6.07) is 16.0. The molecular formula is C70H71ClN4O8P+. The summed E-state index contributed by atoms with van der Waals surface area (Å²) in [4.78, 5) is 59.2. The Morgan fingerprint density at radius 3 is 1.40 bits per heavy atom. The molecule has 14 heteroatoms. The van der Waals surface area contributed by atoms with E-state index in [2.05, 4.69) is 64.0 Å². The molecule has 4 heterocycles. The molecule has 7 aliphatic carbocycles. The predicted octanol–water partition coefficient (Wildman–Crippen LogP) is 12.3. The fourth-order valence-electron chi connectivity index (χ4n) is 15.4. The lowest BCUT2D eigenvalue weighted by Crippen LogP contribution is -2.34. The molecule has 0 saturated carbocycles. The largest absolute Gasteiger partial charge is 0.466 e. The molecule has 12 nitrogen and oxygen atoms in total. The third-order valence-electron chi connectivity index (χ3n) is 19.2. The van der Waals surface area contributed by atoms with Crippen LogP contribution in [0.25, 0.3) is 22.3 Å². The molecule has 0 amide bonds.